The zero-order valence-electron chi connectivity index (χ0n) is 12.9. The van der Waals surface area contributed by atoms with Crippen molar-refractivity contribution >= 4 is 33.7 Å². The van der Waals surface area contributed by atoms with Crippen molar-refractivity contribution in [3.63, 3.8) is 0 Å². The quantitative estimate of drug-likeness (QED) is 0.637. The van der Waals surface area contributed by atoms with E-state index in [1.165, 1.54) is 0 Å². The lowest BCUT2D eigenvalue weighted by molar-refractivity contribution is -0.159. The van der Waals surface area contributed by atoms with Crippen LogP contribution in [0.3, 0.4) is 0 Å². The summed E-state index contributed by atoms with van der Waals surface area (Å²) in [6.07, 6.45) is 1.72. The third-order valence-corrected chi connectivity index (χ3v) is 3.87. The van der Waals surface area contributed by atoms with E-state index < -0.39 is 5.79 Å². The summed E-state index contributed by atoms with van der Waals surface area (Å²) in [5.41, 5.74) is 4.45. The van der Waals surface area contributed by atoms with E-state index in [1.54, 1.807) is 13.1 Å². The smallest absolute Gasteiger partial charge is 0.245 e. The first-order valence-corrected chi connectivity index (χ1v) is 7.76. The summed E-state index contributed by atoms with van der Waals surface area (Å²) in [7, 11) is 3.95. The molecule has 120 valence electrons. The molecule has 0 radical (unpaired) electrons. The van der Waals surface area contributed by atoms with Gasteiger partial charge in [-0.3, -0.25) is 4.79 Å². The van der Waals surface area contributed by atoms with E-state index in [-0.39, 0.29) is 12.3 Å². The van der Waals surface area contributed by atoms with Crippen LogP contribution >= 0.6 is 15.9 Å². The van der Waals surface area contributed by atoms with Gasteiger partial charge in [-0.05, 0) is 40.5 Å². The normalized spacial score (nSPS) is 16.9. The molecule has 1 aliphatic heterocycles. The van der Waals surface area contributed by atoms with Crippen molar-refractivity contribution in [1.82, 2.24) is 5.43 Å². The lowest BCUT2D eigenvalue weighted by Gasteiger charge is -2.20. The fourth-order valence-corrected chi connectivity index (χ4v) is 2.89. The molecule has 0 aliphatic carbocycles. The van der Waals surface area contributed by atoms with E-state index in [1.807, 2.05) is 37.2 Å². The van der Waals surface area contributed by atoms with Crippen LogP contribution in [0.5, 0.6) is 0 Å². The molecule has 0 atom stereocenters. The molecule has 1 amide bonds. The number of halogens is 1. The van der Waals surface area contributed by atoms with Crippen molar-refractivity contribution in [2.45, 2.75) is 19.1 Å². The Hall–Kier alpha value is -1.44. The van der Waals surface area contributed by atoms with Crippen molar-refractivity contribution in [2.75, 3.05) is 32.2 Å². The Morgan fingerprint density at radius 3 is 2.73 bits per heavy atom. The van der Waals surface area contributed by atoms with E-state index in [0.717, 1.165) is 15.7 Å². The number of benzene rings is 1. The van der Waals surface area contributed by atoms with Gasteiger partial charge in [0.15, 0.2) is 5.79 Å². The molecule has 0 aromatic heterocycles. The van der Waals surface area contributed by atoms with Crippen molar-refractivity contribution < 1.29 is 14.3 Å². The second kappa shape index (κ2) is 7.21. The molecular weight excluding hydrogens is 350 g/mol. The van der Waals surface area contributed by atoms with Crippen LogP contribution in [0.15, 0.2) is 27.8 Å². The molecule has 1 N–H and O–H groups in total. The highest BCUT2D eigenvalue weighted by Crippen LogP contribution is 2.25. The number of nitrogens with zero attached hydrogens (tertiary/aromatic N) is 2. The monoisotopic (exact) mass is 369 g/mol. The van der Waals surface area contributed by atoms with Crippen molar-refractivity contribution in [2.24, 2.45) is 5.10 Å². The van der Waals surface area contributed by atoms with Crippen LogP contribution in [-0.2, 0) is 14.3 Å². The van der Waals surface area contributed by atoms with Crippen molar-refractivity contribution in [1.29, 1.82) is 0 Å². The number of hydrogen-bond acceptors (Lipinski definition) is 5. The third kappa shape index (κ3) is 4.53. The van der Waals surface area contributed by atoms with Crippen LogP contribution in [0.25, 0.3) is 0 Å². The number of nitrogens with one attached hydrogen (secondary N) is 1. The number of anilines is 1. The average molecular weight is 370 g/mol. The zero-order valence-corrected chi connectivity index (χ0v) is 14.5. The van der Waals surface area contributed by atoms with Crippen molar-refractivity contribution in [3.05, 3.63) is 28.2 Å². The number of carbonyl (C=O) groups excluding carboxylic acids is 1. The van der Waals surface area contributed by atoms with E-state index in [4.69, 9.17) is 9.47 Å². The topological polar surface area (TPSA) is 63.2 Å². The van der Waals surface area contributed by atoms with Gasteiger partial charge in [0.2, 0.25) is 5.91 Å². The maximum atomic E-state index is 11.8. The Kier molecular flexibility index (Phi) is 5.55. The predicted octanol–water partition coefficient (Wildman–Crippen LogP) is 2.12. The number of carbonyl (C=O) groups is 1. The molecule has 1 heterocycles. The highest BCUT2D eigenvalue weighted by molar-refractivity contribution is 9.10. The summed E-state index contributed by atoms with van der Waals surface area (Å²) in [4.78, 5) is 13.8. The highest BCUT2D eigenvalue weighted by Gasteiger charge is 2.33. The zero-order chi connectivity index (χ0) is 16.2. The largest absolute Gasteiger partial charge is 0.377 e. The fraction of sp³-hybridized carbons (Fsp3) is 0.467. The first-order valence-electron chi connectivity index (χ1n) is 6.96. The van der Waals surface area contributed by atoms with Gasteiger partial charge in [0.05, 0.1) is 31.5 Å². The summed E-state index contributed by atoms with van der Waals surface area (Å²) in [6.45, 7) is 2.78. The minimum absolute atomic E-state index is 0.119. The molecule has 0 saturated carbocycles. The number of hydrazone groups is 1. The maximum absolute atomic E-state index is 11.8. The molecule has 2 rings (SSSR count). The first-order chi connectivity index (χ1) is 10.4. The molecule has 1 aromatic carbocycles. The molecule has 22 heavy (non-hydrogen) atoms. The van der Waals surface area contributed by atoms with Gasteiger partial charge in [-0.1, -0.05) is 6.07 Å². The molecule has 1 fully saturated rings. The van der Waals surface area contributed by atoms with E-state index >= 15 is 0 Å². The molecule has 0 bridgehead atoms. The van der Waals surface area contributed by atoms with Gasteiger partial charge in [0.1, 0.15) is 0 Å². The number of amides is 1. The summed E-state index contributed by atoms with van der Waals surface area (Å²) in [5.74, 6) is -1.08. The third-order valence-electron chi connectivity index (χ3n) is 3.24. The van der Waals surface area contributed by atoms with E-state index in [9.17, 15) is 4.79 Å². The Morgan fingerprint density at radius 1 is 1.45 bits per heavy atom. The lowest BCUT2D eigenvalue weighted by atomic mass is 10.2. The van der Waals surface area contributed by atoms with Gasteiger partial charge in [-0.15, -0.1) is 0 Å². The van der Waals surface area contributed by atoms with Gasteiger partial charge >= 0.3 is 0 Å². The first kappa shape index (κ1) is 16.9. The van der Waals surface area contributed by atoms with Gasteiger partial charge in [-0.25, -0.2) is 5.43 Å². The van der Waals surface area contributed by atoms with Gasteiger partial charge in [0.25, 0.3) is 0 Å². The molecule has 1 aliphatic rings. The fourth-order valence-electron chi connectivity index (χ4n) is 2.13. The van der Waals surface area contributed by atoms with Crippen LogP contribution in [0, 0.1) is 0 Å². The standard InChI is InChI=1S/C15H20BrN3O3/c1-15(21-6-7-22-15)9-14(20)18-17-10-11-4-5-13(19(2)3)12(16)8-11/h4-5,8,10H,6-7,9H2,1-3H3,(H,18,20)/b17-10+. The minimum Gasteiger partial charge on any atom is -0.377 e. The summed E-state index contributed by atoms with van der Waals surface area (Å²) < 4.78 is 11.7. The van der Waals surface area contributed by atoms with Crippen LogP contribution in [0.4, 0.5) is 5.69 Å². The van der Waals surface area contributed by atoms with Crippen LogP contribution in [-0.4, -0.2) is 45.2 Å². The Labute approximate surface area is 138 Å². The molecule has 0 spiro atoms. The number of hydrogen-bond donors (Lipinski definition) is 1. The van der Waals surface area contributed by atoms with Gasteiger partial charge in [-0.2, -0.15) is 5.10 Å². The Balaban J connectivity index is 1.89. The predicted molar refractivity (Wildman–Crippen MR) is 89.1 cm³/mol. The second-order valence-electron chi connectivity index (χ2n) is 5.41. The van der Waals surface area contributed by atoms with Crippen LogP contribution < -0.4 is 10.3 Å². The molecule has 0 unspecified atom stereocenters. The van der Waals surface area contributed by atoms with Crippen LogP contribution in [0.2, 0.25) is 0 Å². The van der Waals surface area contributed by atoms with E-state index in [2.05, 4.69) is 26.5 Å². The molecule has 1 saturated heterocycles. The van der Waals surface area contributed by atoms with Crippen LogP contribution in [0.1, 0.15) is 18.9 Å². The number of ether oxygens (including phenoxy) is 2. The van der Waals surface area contributed by atoms with Gasteiger partial charge < -0.3 is 14.4 Å². The lowest BCUT2D eigenvalue weighted by Crippen LogP contribution is -2.33. The van der Waals surface area contributed by atoms with E-state index in [0.29, 0.717) is 13.2 Å². The summed E-state index contributed by atoms with van der Waals surface area (Å²) in [6, 6.07) is 5.85. The average Bonchev–Trinajstić information content (AvgIpc) is 2.84. The molecule has 7 heteroatoms. The summed E-state index contributed by atoms with van der Waals surface area (Å²) in [5, 5.41) is 3.96. The second-order valence-corrected chi connectivity index (χ2v) is 6.26. The maximum Gasteiger partial charge on any atom is 0.245 e. The number of rotatable bonds is 5. The SMILES string of the molecule is CN(C)c1ccc(/C=N/NC(=O)CC2(C)OCCO2)cc1Br. The minimum atomic E-state index is -0.837. The summed E-state index contributed by atoms with van der Waals surface area (Å²) >= 11 is 3.51. The molecule has 1 aromatic rings. The highest BCUT2D eigenvalue weighted by atomic mass is 79.9. The molecular formula is C15H20BrN3O3. The van der Waals surface area contributed by atoms with Crippen molar-refractivity contribution in [3.8, 4) is 0 Å². The molecule has 6 nitrogen and oxygen atoms in total. The van der Waals surface area contributed by atoms with Gasteiger partial charge in [0, 0.05) is 18.6 Å². The Morgan fingerprint density at radius 2 is 2.14 bits per heavy atom. The Bertz CT molecular complexity index is 569.